The third-order valence-corrected chi connectivity index (χ3v) is 7.33. The molecule has 0 aliphatic heterocycles. The van der Waals surface area contributed by atoms with E-state index in [1.165, 1.54) is 41.9 Å². The Bertz CT molecular complexity index is 387. The second-order valence-corrected chi connectivity index (χ2v) is 7.96. The zero-order chi connectivity index (χ0) is 11.2. The van der Waals surface area contributed by atoms with E-state index in [2.05, 4.69) is 43.3 Å². The summed E-state index contributed by atoms with van der Waals surface area (Å²) < 4.78 is 1.25. The highest BCUT2D eigenvalue weighted by atomic mass is 79.9. The second-order valence-electron chi connectivity index (χ2n) is 5.48. The van der Waals surface area contributed by atoms with Crippen molar-refractivity contribution in [3.8, 4) is 0 Å². The molecule has 0 nitrogen and oxygen atoms in total. The second kappa shape index (κ2) is 4.40. The summed E-state index contributed by atoms with van der Waals surface area (Å²) in [6, 6.07) is 2.31. The summed E-state index contributed by atoms with van der Waals surface area (Å²) in [6.45, 7) is 0. The number of hydrogen-bond donors (Lipinski definition) is 0. The van der Waals surface area contributed by atoms with Gasteiger partial charge in [-0.2, -0.15) is 0 Å². The average Bonchev–Trinajstić information content (AvgIpc) is 2.94. The third kappa shape index (κ3) is 1.93. The van der Waals surface area contributed by atoms with Gasteiger partial charge in [-0.3, -0.25) is 0 Å². The number of hydrogen-bond acceptors (Lipinski definition) is 1. The molecule has 1 aromatic heterocycles. The Kier molecular flexibility index (Phi) is 3.23. The Hall–Kier alpha value is 0.660. The van der Waals surface area contributed by atoms with E-state index in [1.54, 1.807) is 4.88 Å². The molecule has 2 fully saturated rings. The quantitative estimate of drug-likeness (QED) is 0.643. The molecule has 3 unspecified atom stereocenters. The van der Waals surface area contributed by atoms with Gasteiger partial charge >= 0.3 is 0 Å². The Morgan fingerprint density at radius 1 is 1.44 bits per heavy atom. The van der Waals surface area contributed by atoms with Gasteiger partial charge in [0.2, 0.25) is 0 Å². The number of thiophene rings is 1. The van der Waals surface area contributed by atoms with Crippen LogP contribution in [0.2, 0.25) is 0 Å². The summed E-state index contributed by atoms with van der Waals surface area (Å²) in [5.74, 6) is 2.02. The lowest BCUT2D eigenvalue weighted by Crippen LogP contribution is -2.31. The van der Waals surface area contributed by atoms with Crippen molar-refractivity contribution in [3.05, 3.63) is 20.8 Å². The van der Waals surface area contributed by atoms with Gasteiger partial charge in [0.25, 0.3) is 0 Å². The first kappa shape index (κ1) is 11.7. The lowest BCUT2D eigenvalue weighted by Gasteiger charge is -2.36. The Balaban J connectivity index is 1.81. The van der Waals surface area contributed by atoms with Crippen LogP contribution in [0, 0.1) is 17.3 Å². The van der Waals surface area contributed by atoms with Crippen LogP contribution in [0.5, 0.6) is 0 Å². The minimum atomic E-state index is 0.577. The highest BCUT2D eigenvalue weighted by Gasteiger charge is 2.50. The Morgan fingerprint density at radius 3 is 2.81 bits per heavy atom. The third-order valence-electron chi connectivity index (χ3n) is 4.52. The van der Waals surface area contributed by atoms with Crippen LogP contribution in [0.3, 0.4) is 0 Å². The topological polar surface area (TPSA) is 0 Å². The van der Waals surface area contributed by atoms with E-state index in [0.29, 0.717) is 5.41 Å². The zero-order valence-corrected chi connectivity index (χ0v) is 13.2. The molecule has 3 rings (SSSR count). The lowest BCUT2D eigenvalue weighted by atomic mass is 9.72. The van der Waals surface area contributed by atoms with Gasteiger partial charge in [0.1, 0.15) is 0 Å². The molecule has 1 heterocycles. The van der Waals surface area contributed by atoms with Crippen molar-refractivity contribution >= 4 is 43.2 Å². The van der Waals surface area contributed by atoms with Crippen molar-refractivity contribution in [1.29, 1.82) is 0 Å². The number of halogens is 2. The summed E-state index contributed by atoms with van der Waals surface area (Å²) in [5, 5.41) is 3.40. The van der Waals surface area contributed by atoms with E-state index in [-0.39, 0.29) is 0 Å². The minimum absolute atomic E-state index is 0.577. The Labute approximate surface area is 118 Å². The van der Waals surface area contributed by atoms with Crippen LogP contribution in [-0.4, -0.2) is 5.33 Å². The molecule has 16 heavy (non-hydrogen) atoms. The van der Waals surface area contributed by atoms with Gasteiger partial charge in [-0.1, -0.05) is 22.4 Å². The first-order chi connectivity index (χ1) is 7.72. The molecular formula is C13H16Br2S. The molecule has 1 aromatic rings. The van der Waals surface area contributed by atoms with Gasteiger partial charge < -0.3 is 0 Å². The van der Waals surface area contributed by atoms with Crippen molar-refractivity contribution in [2.24, 2.45) is 17.3 Å². The van der Waals surface area contributed by atoms with Gasteiger partial charge in [-0.25, -0.2) is 0 Å². The van der Waals surface area contributed by atoms with Gasteiger partial charge in [-0.05, 0) is 64.9 Å². The minimum Gasteiger partial charge on any atom is -0.148 e. The molecule has 0 saturated heterocycles. The van der Waals surface area contributed by atoms with Gasteiger partial charge in [0, 0.05) is 20.1 Å². The van der Waals surface area contributed by atoms with E-state index in [9.17, 15) is 0 Å². The fourth-order valence-corrected chi connectivity index (χ4v) is 6.27. The van der Waals surface area contributed by atoms with Crippen LogP contribution in [0.1, 0.15) is 30.6 Å². The number of rotatable bonds is 3. The summed E-state index contributed by atoms with van der Waals surface area (Å²) in [5.41, 5.74) is 0.577. The van der Waals surface area contributed by atoms with E-state index in [1.807, 2.05) is 11.3 Å². The van der Waals surface area contributed by atoms with Gasteiger partial charge in [0.05, 0.1) is 0 Å². The monoisotopic (exact) mass is 362 g/mol. The van der Waals surface area contributed by atoms with Crippen molar-refractivity contribution in [3.63, 3.8) is 0 Å². The van der Waals surface area contributed by atoms with E-state index >= 15 is 0 Å². The molecule has 3 heteroatoms. The molecule has 88 valence electrons. The largest absolute Gasteiger partial charge is 0.148 e. The predicted molar refractivity (Wildman–Crippen MR) is 77.4 cm³/mol. The van der Waals surface area contributed by atoms with E-state index < -0.39 is 0 Å². The van der Waals surface area contributed by atoms with Gasteiger partial charge in [-0.15, -0.1) is 11.3 Å². The van der Waals surface area contributed by atoms with Gasteiger partial charge in [0.15, 0.2) is 0 Å². The van der Waals surface area contributed by atoms with Crippen molar-refractivity contribution in [2.45, 2.75) is 32.1 Å². The predicted octanol–water partition coefficient (Wildman–Crippen LogP) is 5.25. The fourth-order valence-electron chi connectivity index (χ4n) is 3.78. The number of fused-ring (bicyclic) bond motifs is 2. The first-order valence-electron chi connectivity index (χ1n) is 6.01. The molecule has 3 atom stereocenters. The maximum absolute atomic E-state index is 3.79. The van der Waals surface area contributed by atoms with E-state index in [4.69, 9.17) is 0 Å². The molecule has 0 spiro atoms. The summed E-state index contributed by atoms with van der Waals surface area (Å²) >= 11 is 9.26. The molecule has 2 saturated carbocycles. The summed E-state index contributed by atoms with van der Waals surface area (Å²) in [6.07, 6.45) is 7.21. The standard InChI is InChI=1S/C13H16Br2S/c14-8-13(5-9-1-2-10(13)3-9)6-12-4-11(15)7-16-12/h4,7,9-10H,1-3,5-6,8H2. The van der Waals surface area contributed by atoms with Crippen LogP contribution >= 0.6 is 43.2 Å². The molecule has 0 amide bonds. The Morgan fingerprint density at radius 2 is 2.31 bits per heavy atom. The zero-order valence-electron chi connectivity index (χ0n) is 9.22. The maximum atomic E-state index is 3.79. The maximum Gasteiger partial charge on any atom is 0.0285 e. The smallest absolute Gasteiger partial charge is 0.0285 e. The lowest BCUT2D eigenvalue weighted by molar-refractivity contribution is 0.198. The molecule has 0 radical (unpaired) electrons. The van der Waals surface area contributed by atoms with Crippen molar-refractivity contribution < 1.29 is 0 Å². The molecular weight excluding hydrogens is 348 g/mol. The fraction of sp³-hybridized carbons (Fsp3) is 0.692. The molecule has 2 aliphatic rings. The highest BCUT2D eigenvalue weighted by Crippen LogP contribution is 2.58. The summed E-state index contributed by atoms with van der Waals surface area (Å²) in [4.78, 5) is 1.55. The van der Waals surface area contributed by atoms with Crippen LogP contribution in [0.4, 0.5) is 0 Å². The van der Waals surface area contributed by atoms with Crippen LogP contribution in [0.15, 0.2) is 15.9 Å². The van der Waals surface area contributed by atoms with Crippen LogP contribution in [0.25, 0.3) is 0 Å². The van der Waals surface area contributed by atoms with E-state index in [0.717, 1.165) is 11.8 Å². The number of alkyl halides is 1. The van der Waals surface area contributed by atoms with Crippen LogP contribution in [-0.2, 0) is 6.42 Å². The molecule has 2 aliphatic carbocycles. The SMILES string of the molecule is BrCC1(Cc2cc(Br)cs2)CC2CCC1C2. The molecule has 0 aromatic carbocycles. The normalized spacial score (nSPS) is 37.1. The van der Waals surface area contributed by atoms with Crippen molar-refractivity contribution in [1.82, 2.24) is 0 Å². The molecule has 0 N–H and O–H groups in total. The van der Waals surface area contributed by atoms with Crippen LogP contribution < -0.4 is 0 Å². The summed E-state index contributed by atoms with van der Waals surface area (Å²) in [7, 11) is 0. The average molecular weight is 364 g/mol. The molecule has 2 bridgehead atoms. The first-order valence-corrected chi connectivity index (χ1v) is 8.80. The highest BCUT2D eigenvalue weighted by molar-refractivity contribution is 9.10. The van der Waals surface area contributed by atoms with Crippen molar-refractivity contribution in [2.75, 3.05) is 5.33 Å².